The van der Waals surface area contributed by atoms with Crippen LogP contribution in [0, 0.1) is 0 Å². The summed E-state index contributed by atoms with van der Waals surface area (Å²) in [7, 11) is 0. The Hall–Kier alpha value is -6.08. The molecule has 0 bridgehead atoms. The molecule has 8 nitrogen and oxygen atoms in total. The van der Waals surface area contributed by atoms with E-state index in [1.54, 1.807) is 24.3 Å². The monoisotopic (exact) mass is 860 g/mol. The highest BCUT2D eigenvalue weighted by molar-refractivity contribution is 5.86. The van der Waals surface area contributed by atoms with Crippen molar-refractivity contribution in [2.75, 3.05) is 26.2 Å². The smallest absolute Gasteiger partial charge is 0.324 e. The normalized spacial score (nSPS) is 20.2. The van der Waals surface area contributed by atoms with Crippen LogP contribution in [-0.2, 0) is 19.2 Å². The number of carbonyl (C=O) groups is 4. The van der Waals surface area contributed by atoms with Crippen LogP contribution < -0.4 is 0 Å². The Kier molecular flexibility index (Phi) is 13.2. The zero-order valence-corrected chi connectivity index (χ0v) is 30.6. The van der Waals surface area contributed by atoms with Crippen LogP contribution >= 0.6 is 0 Å². The number of alkyl halides is 12. The minimum atomic E-state index is -5.22. The van der Waals surface area contributed by atoms with Crippen molar-refractivity contribution in [2.24, 2.45) is 0 Å². The maximum absolute atomic E-state index is 13.2. The first kappa shape index (κ1) is 45.0. The van der Waals surface area contributed by atoms with Crippen molar-refractivity contribution in [3.05, 3.63) is 144 Å². The van der Waals surface area contributed by atoms with Crippen LogP contribution in [0.2, 0.25) is 0 Å². The van der Waals surface area contributed by atoms with Gasteiger partial charge in [-0.2, -0.15) is 52.7 Å². The number of piperazine rings is 2. The molecule has 2 saturated heterocycles. The molecule has 0 radical (unpaired) electrons. The number of amides is 4. The molecule has 60 heavy (non-hydrogen) atoms. The van der Waals surface area contributed by atoms with E-state index in [0.29, 0.717) is 19.6 Å². The number of hydrogen-bond acceptors (Lipinski definition) is 4. The van der Waals surface area contributed by atoms with E-state index in [2.05, 4.69) is 0 Å². The lowest BCUT2D eigenvalue weighted by Gasteiger charge is -2.48. The average molecular weight is 861 g/mol. The molecule has 2 aliphatic heterocycles. The molecule has 4 aromatic carbocycles. The second-order valence-electron chi connectivity index (χ2n) is 13.4. The molecule has 4 amide bonds. The lowest BCUT2D eigenvalue weighted by Crippen LogP contribution is -2.58. The zero-order valence-electron chi connectivity index (χ0n) is 30.6. The van der Waals surface area contributed by atoms with E-state index >= 15 is 0 Å². The van der Waals surface area contributed by atoms with Crippen molar-refractivity contribution in [3.8, 4) is 0 Å². The van der Waals surface area contributed by atoms with Crippen LogP contribution in [0.1, 0.15) is 46.4 Å². The average Bonchev–Trinajstić information content (AvgIpc) is 3.21. The van der Waals surface area contributed by atoms with Crippen molar-refractivity contribution < 1.29 is 71.9 Å². The summed E-state index contributed by atoms with van der Waals surface area (Å²) in [5.41, 5.74) is 0.736. The van der Waals surface area contributed by atoms with E-state index in [1.807, 2.05) is 0 Å². The van der Waals surface area contributed by atoms with Crippen molar-refractivity contribution in [1.82, 2.24) is 19.6 Å². The summed E-state index contributed by atoms with van der Waals surface area (Å²) in [6.07, 6.45) is -20.9. The molecule has 0 saturated carbocycles. The summed E-state index contributed by atoms with van der Waals surface area (Å²) in [6.45, 7) is -2.77. The van der Waals surface area contributed by atoms with Crippen molar-refractivity contribution in [3.63, 3.8) is 0 Å². The van der Waals surface area contributed by atoms with Crippen LogP contribution in [0.3, 0.4) is 0 Å². The number of nitrogens with zero attached hydrogens (tertiary/aromatic N) is 4. The van der Waals surface area contributed by atoms with Gasteiger partial charge in [-0.05, 0) is 22.3 Å². The van der Waals surface area contributed by atoms with Crippen LogP contribution in [0.5, 0.6) is 0 Å². The summed E-state index contributed by atoms with van der Waals surface area (Å²) < 4.78 is 159. The van der Waals surface area contributed by atoms with Crippen LogP contribution in [0.25, 0.3) is 0 Å². The highest BCUT2D eigenvalue weighted by Crippen LogP contribution is 2.46. The first-order valence-electron chi connectivity index (χ1n) is 17.7. The zero-order chi connectivity index (χ0) is 44.2. The maximum Gasteiger partial charge on any atom is 0.471 e. The quantitative estimate of drug-likeness (QED) is 0.193. The van der Waals surface area contributed by atoms with Gasteiger partial charge in [0.25, 0.3) is 0 Å². The van der Waals surface area contributed by atoms with E-state index in [4.69, 9.17) is 0 Å². The second-order valence-corrected chi connectivity index (χ2v) is 13.4. The van der Waals surface area contributed by atoms with Gasteiger partial charge in [-0.1, -0.05) is 121 Å². The Morgan fingerprint density at radius 3 is 0.600 bits per heavy atom. The lowest BCUT2D eigenvalue weighted by molar-refractivity contribution is -0.201. The summed E-state index contributed by atoms with van der Waals surface area (Å²) in [5.74, 6) is -8.68. The molecule has 2 heterocycles. The van der Waals surface area contributed by atoms with Crippen molar-refractivity contribution in [1.29, 1.82) is 0 Å². The highest BCUT2D eigenvalue weighted by Gasteiger charge is 2.55. The van der Waals surface area contributed by atoms with Crippen molar-refractivity contribution >= 4 is 23.6 Å². The van der Waals surface area contributed by atoms with Gasteiger partial charge in [0.15, 0.2) is 0 Å². The van der Waals surface area contributed by atoms with E-state index < -0.39 is 98.7 Å². The number of halogens is 12. The van der Waals surface area contributed by atoms with E-state index in [-0.39, 0.29) is 22.3 Å². The predicted octanol–water partition coefficient (Wildman–Crippen LogP) is 8.53. The molecule has 0 spiro atoms. The first-order chi connectivity index (χ1) is 28.0. The van der Waals surface area contributed by atoms with Gasteiger partial charge in [0, 0.05) is 26.2 Å². The molecule has 6 rings (SSSR count). The number of rotatable bonds is 4. The Bertz CT molecular complexity index is 1800. The highest BCUT2D eigenvalue weighted by atomic mass is 19.4. The van der Waals surface area contributed by atoms with Gasteiger partial charge in [-0.3, -0.25) is 19.2 Å². The third-order valence-electron chi connectivity index (χ3n) is 9.68. The lowest BCUT2D eigenvalue weighted by atomic mass is 9.88. The summed E-state index contributed by atoms with van der Waals surface area (Å²) >= 11 is 0. The molecule has 0 N–H and O–H groups in total. The van der Waals surface area contributed by atoms with Gasteiger partial charge in [0.1, 0.15) is 0 Å². The minimum absolute atomic E-state index is 0.184. The SMILES string of the molecule is O=C(N1CCN(C(=O)C(F)(F)F)[C@@H](c2ccccc2)[C@@H]1c1ccccc1)C(F)(F)F.O=C(N1CCN(C(=O)C(F)(F)F)[C@@H](c2ccccc2)[C@@H]1c1ccccc1)C(F)(F)F. The molecule has 0 unspecified atom stereocenters. The minimum Gasteiger partial charge on any atom is -0.324 e. The molecule has 0 aromatic heterocycles. The third kappa shape index (κ3) is 10.0. The molecular weight excluding hydrogens is 828 g/mol. The van der Waals surface area contributed by atoms with E-state index in [0.717, 1.165) is 0 Å². The molecule has 2 fully saturated rings. The molecule has 4 atom stereocenters. The van der Waals surface area contributed by atoms with Crippen LogP contribution in [0.15, 0.2) is 121 Å². The predicted molar refractivity (Wildman–Crippen MR) is 188 cm³/mol. The second kappa shape index (κ2) is 17.6. The molecule has 20 heteroatoms. The standard InChI is InChI=1S/2C20H16F6N2O2/c2*21-19(22,23)17(29)27-11-12-28(18(30)20(24,25)26)16(14-9-5-2-6-10-14)15(27)13-7-3-1-4-8-13/h2*1-10,15-16H,11-12H2/t2*15-,16-/m00/s1. The Morgan fingerprint density at radius 2 is 0.467 bits per heavy atom. The first-order valence-corrected chi connectivity index (χ1v) is 17.7. The third-order valence-corrected chi connectivity index (χ3v) is 9.68. The molecule has 2 aliphatic rings. The maximum atomic E-state index is 13.2. The fourth-order valence-electron chi connectivity index (χ4n) is 7.28. The van der Waals surface area contributed by atoms with Gasteiger partial charge in [0.2, 0.25) is 0 Å². The number of hydrogen-bond donors (Lipinski definition) is 0. The Morgan fingerprint density at radius 1 is 0.317 bits per heavy atom. The summed E-state index contributed by atoms with van der Waals surface area (Å²) in [6, 6.07) is 23.8. The number of benzene rings is 4. The molecular formula is C40H32F12N4O4. The topological polar surface area (TPSA) is 81.2 Å². The molecule has 4 aromatic rings. The van der Waals surface area contributed by atoms with Gasteiger partial charge >= 0.3 is 48.3 Å². The Labute approximate surface area is 333 Å². The van der Waals surface area contributed by atoms with E-state index in [9.17, 15) is 71.9 Å². The van der Waals surface area contributed by atoms with E-state index in [1.165, 1.54) is 97.1 Å². The van der Waals surface area contributed by atoms with Gasteiger partial charge in [-0.25, -0.2) is 0 Å². The fraction of sp³-hybridized carbons (Fsp3) is 0.300. The van der Waals surface area contributed by atoms with Crippen LogP contribution in [0.4, 0.5) is 52.7 Å². The molecule has 0 aliphatic carbocycles. The largest absolute Gasteiger partial charge is 0.471 e. The summed E-state index contributed by atoms with van der Waals surface area (Å²) in [5, 5.41) is 0. The van der Waals surface area contributed by atoms with Gasteiger partial charge in [-0.15, -0.1) is 0 Å². The summed E-state index contributed by atoms with van der Waals surface area (Å²) in [4.78, 5) is 50.5. The Balaban J connectivity index is 0.000000228. The number of carbonyl (C=O) groups excluding carboxylic acids is 4. The fourth-order valence-corrected chi connectivity index (χ4v) is 7.28. The molecule has 320 valence electrons. The van der Waals surface area contributed by atoms with Gasteiger partial charge in [0.05, 0.1) is 24.2 Å². The van der Waals surface area contributed by atoms with Gasteiger partial charge < -0.3 is 19.6 Å². The van der Waals surface area contributed by atoms with Crippen molar-refractivity contribution in [2.45, 2.75) is 48.9 Å². The van der Waals surface area contributed by atoms with Crippen LogP contribution in [-0.4, -0.2) is 94.1 Å².